The molecule has 1 N–H and O–H groups in total. The van der Waals surface area contributed by atoms with Crippen molar-refractivity contribution in [3.05, 3.63) is 113 Å². The van der Waals surface area contributed by atoms with E-state index in [0.29, 0.717) is 24.2 Å². The lowest BCUT2D eigenvalue weighted by atomic mass is 9.82. The van der Waals surface area contributed by atoms with Crippen LogP contribution in [0.25, 0.3) is 10.8 Å². The first-order valence-corrected chi connectivity index (χ1v) is 21.6. The van der Waals surface area contributed by atoms with Gasteiger partial charge in [0, 0.05) is 35.7 Å². The molecule has 2 amide bonds. The average Bonchev–Trinajstić information content (AvgIpc) is 3.68. The third-order valence-corrected chi connectivity index (χ3v) is 16.1. The van der Waals surface area contributed by atoms with Crippen molar-refractivity contribution >= 4 is 52.9 Å². The number of aliphatic hydroxyl groups excluding tert-OH is 1. The number of amides is 2. The Bertz CT molecular complexity index is 2090. The number of allylic oxidation sites excluding steroid dienone is 3. The van der Waals surface area contributed by atoms with Crippen LogP contribution in [-0.2, 0) is 15.1 Å². The van der Waals surface area contributed by atoms with E-state index < -0.39 is 13.7 Å². The van der Waals surface area contributed by atoms with Crippen molar-refractivity contribution in [2.75, 3.05) is 30.1 Å². The molecule has 7 nitrogen and oxygen atoms in total. The van der Waals surface area contributed by atoms with Gasteiger partial charge < -0.3 is 19.5 Å². The molecule has 1 saturated heterocycles. The lowest BCUT2D eigenvalue weighted by Gasteiger charge is -2.37. The highest BCUT2D eigenvalue weighted by molar-refractivity contribution is 6.91. The summed E-state index contributed by atoms with van der Waals surface area (Å²) in [5, 5.41) is 13.6. The molecule has 3 heterocycles. The Hall–Kier alpha value is -4.50. The number of anilines is 3. The van der Waals surface area contributed by atoms with Crippen LogP contribution < -0.4 is 19.7 Å². The molecule has 0 aliphatic carbocycles. The normalized spacial score (nSPS) is 22.5. The van der Waals surface area contributed by atoms with Crippen LogP contribution in [0.5, 0.6) is 5.75 Å². The Balaban J connectivity index is 1.35. The van der Waals surface area contributed by atoms with E-state index in [9.17, 15) is 9.90 Å². The minimum Gasteiger partial charge on any atom is -0.497 e. The monoisotopic (exact) mass is 714 g/mol. The average molecular weight is 715 g/mol. The number of benzene rings is 4. The van der Waals surface area contributed by atoms with E-state index in [4.69, 9.17) is 9.47 Å². The van der Waals surface area contributed by atoms with Gasteiger partial charge in [0.2, 0.25) is 0 Å². The number of fused-ring (bicyclic) bond motifs is 2. The number of nitrogens with zero attached hydrogens (tertiary/aromatic N) is 2. The molecule has 52 heavy (non-hydrogen) atoms. The zero-order valence-electron chi connectivity index (χ0n) is 31.4. The minimum atomic E-state index is -2.34. The predicted octanol–water partition coefficient (Wildman–Crippen LogP) is 8.78. The van der Waals surface area contributed by atoms with Crippen LogP contribution in [0.4, 0.5) is 17.1 Å². The molecule has 3 aliphatic rings. The van der Waals surface area contributed by atoms with Crippen LogP contribution >= 0.6 is 0 Å². The molecule has 0 unspecified atom stereocenters. The third kappa shape index (κ3) is 5.72. The van der Waals surface area contributed by atoms with Crippen molar-refractivity contribution in [1.29, 1.82) is 0 Å². The van der Waals surface area contributed by atoms with E-state index >= 15 is 4.79 Å². The number of carbonyl (C=O) groups is 2. The maximum atomic E-state index is 15.2. The largest absolute Gasteiger partial charge is 0.497 e. The van der Waals surface area contributed by atoms with Gasteiger partial charge in [-0.15, -0.1) is 0 Å². The lowest BCUT2D eigenvalue weighted by molar-refractivity contribution is -0.146. The second kappa shape index (κ2) is 13.8. The number of hydrogen-bond acceptors (Lipinski definition) is 5. The summed E-state index contributed by atoms with van der Waals surface area (Å²) in [6.45, 7) is 13.6. The van der Waals surface area contributed by atoms with Crippen molar-refractivity contribution in [3.63, 3.8) is 0 Å². The van der Waals surface area contributed by atoms with Crippen LogP contribution in [0.1, 0.15) is 62.9 Å². The molecule has 4 atom stereocenters. The Morgan fingerprint density at radius 2 is 1.69 bits per heavy atom. The fraction of sp³-hybridized carbons (Fsp3) is 0.364. The Morgan fingerprint density at radius 1 is 0.962 bits per heavy atom. The first-order chi connectivity index (χ1) is 24.9. The molecule has 0 bridgehead atoms. The molecule has 0 saturated carbocycles. The number of hydrogen-bond donors (Lipinski definition) is 1. The van der Waals surface area contributed by atoms with Gasteiger partial charge in [0.25, 0.3) is 11.8 Å². The minimum absolute atomic E-state index is 0.0150. The summed E-state index contributed by atoms with van der Waals surface area (Å²) in [4.78, 5) is 32.9. The maximum absolute atomic E-state index is 15.2. The van der Waals surface area contributed by atoms with Gasteiger partial charge in [-0.2, -0.15) is 0 Å². The molecule has 4 aromatic rings. The summed E-state index contributed by atoms with van der Waals surface area (Å²) in [5.74, 6) is 0.427. The van der Waals surface area contributed by atoms with Crippen molar-refractivity contribution in [1.82, 2.24) is 0 Å². The molecule has 7 rings (SSSR count). The van der Waals surface area contributed by atoms with Crippen molar-refractivity contribution in [2.45, 2.75) is 77.3 Å². The maximum Gasteiger partial charge on any atom is 0.264 e. The summed E-state index contributed by atoms with van der Waals surface area (Å²) in [7, 11) is -0.672. The van der Waals surface area contributed by atoms with Gasteiger partial charge in [-0.05, 0) is 93.4 Å². The van der Waals surface area contributed by atoms with Crippen LogP contribution in [0, 0.1) is 5.92 Å². The summed E-state index contributed by atoms with van der Waals surface area (Å²) >= 11 is 0. The van der Waals surface area contributed by atoms with Crippen LogP contribution in [0.3, 0.4) is 0 Å². The van der Waals surface area contributed by atoms with Crippen molar-refractivity contribution < 1.29 is 24.2 Å². The summed E-state index contributed by atoms with van der Waals surface area (Å²) in [6.07, 6.45) is 6.37. The Morgan fingerprint density at radius 3 is 2.38 bits per heavy atom. The number of carbonyl (C=O) groups excluding carboxylic acids is 2. The van der Waals surface area contributed by atoms with Gasteiger partial charge in [0.05, 0.1) is 38.2 Å². The molecule has 8 heteroatoms. The van der Waals surface area contributed by atoms with Gasteiger partial charge in [-0.1, -0.05) is 84.9 Å². The van der Waals surface area contributed by atoms with Crippen LogP contribution in [-0.4, -0.2) is 51.4 Å². The lowest BCUT2D eigenvalue weighted by Crippen LogP contribution is -2.52. The standard InChI is InChI=1S/C44H50N2O5Si/c1-28(2)11-8-12-29(3)23-25-45-37-22-17-32(46-38-16-10-14-31-13-9-15-35(40(31)38)42(46)48)27-36(37)44(43(45)49)30(4)41(39(51-44)24-26-47)52(6,7)34-20-18-33(50-5)19-21-34/h9-11,13-23,27,30,39,41,47H,8,12,24-26H2,1-7H3/b29-23+/t30-,39+,41-,44+/m0/s1. The Labute approximate surface area is 308 Å². The zero-order chi connectivity index (χ0) is 36.9. The summed E-state index contributed by atoms with van der Waals surface area (Å²) < 4.78 is 12.7. The first kappa shape index (κ1) is 35.9. The highest BCUT2D eigenvalue weighted by Crippen LogP contribution is 2.60. The molecule has 4 aromatic carbocycles. The van der Waals surface area contributed by atoms with E-state index in [-0.39, 0.29) is 36.0 Å². The molecule has 270 valence electrons. The number of ether oxygens (including phenoxy) is 2. The molecule has 1 fully saturated rings. The summed E-state index contributed by atoms with van der Waals surface area (Å²) in [5.41, 5.74) is 5.08. The smallest absolute Gasteiger partial charge is 0.264 e. The van der Waals surface area contributed by atoms with Gasteiger partial charge in [0.15, 0.2) is 5.60 Å². The molecular weight excluding hydrogens is 665 g/mol. The second-order valence-electron chi connectivity index (χ2n) is 15.5. The van der Waals surface area contributed by atoms with Gasteiger partial charge in [-0.25, -0.2) is 0 Å². The SMILES string of the molecule is COc1ccc([Si](C)(C)[C@@H]2[C@@H](CCO)O[C@]3(C(=O)N(C/C=C(\C)CCC=C(C)C)c4ccc(N5C(=O)c6cccc7cccc5c67)cc43)[C@H]2C)cc1. The van der Waals surface area contributed by atoms with E-state index in [1.54, 1.807) is 12.0 Å². The fourth-order valence-electron chi connectivity index (χ4n) is 9.13. The number of aliphatic hydroxyl groups is 1. The molecule has 0 radical (unpaired) electrons. The van der Waals surface area contributed by atoms with Crippen molar-refractivity contribution in [2.24, 2.45) is 5.92 Å². The van der Waals surface area contributed by atoms with E-state index in [0.717, 1.165) is 46.3 Å². The van der Waals surface area contributed by atoms with Gasteiger partial charge in [0.1, 0.15) is 5.75 Å². The van der Waals surface area contributed by atoms with E-state index in [1.807, 2.05) is 71.6 Å². The fourth-order valence-corrected chi connectivity index (χ4v) is 13.2. The Kier molecular flexibility index (Phi) is 9.53. The molecule has 3 aliphatic heterocycles. The zero-order valence-corrected chi connectivity index (χ0v) is 32.4. The summed E-state index contributed by atoms with van der Waals surface area (Å²) in [6, 6.07) is 26.1. The molecule has 1 spiro atoms. The second-order valence-corrected chi connectivity index (χ2v) is 20.2. The van der Waals surface area contributed by atoms with Crippen molar-refractivity contribution in [3.8, 4) is 5.75 Å². The molecular formula is C44H50N2O5Si. The third-order valence-electron chi connectivity index (χ3n) is 11.8. The highest BCUT2D eigenvalue weighted by Gasteiger charge is 2.66. The number of rotatable bonds is 11. The van der Waals surface area contributed by atoms with E-state index in [2.05, 4.69) is 65.1 Å². The first-order valence-electron chi connectivity index (χ1n) is 18.5. The van der Waals surface area contributed by atoms with Gasteiger partial charge in [-0.3, -0.25) is 14.5 Å². The predicted molar refractivity (Wildman–Crippen MR) is 213 cm³/mol. The topological polar surface area (TPSA) is 79.3 Å². The quantitative estimate of drug-likeness (QED) is 0.124. The number of methoxy groups -OCH3 is 1. The van der Waals surface area contributed by atoms with Crippen LogP contribution in [0.15, 0.2) is 102 Å². The molecule has 0 aromatic heterocycles. The highest BCUT2D eigenvalue weighted by atomic mass is 28.3. The van der Waals surface area contributed by atoms with E-state index in [1.165, 1.54) is 16.3 Å². The van der Waals surface area contributed by atoms with Gasteiger partial charge >= 0.3 is 0 Å². The van der Waals surface area contributed by atoms with Crippen LogP contribution in [0.2, 0.25) is 18.6 Å².